The van der Waals surface area contributed by atoms with Crippen LogP contribution in [0.1, 0.15) is 63.1 Å². The smallest absolute Gasteiger partial charge is 0.355 e. The Morgan fingerprint density at radius 2 is 1.40 bits per heavy atom. The lowest BCUT2D eigenvalue weighted by atomic mass is 9.96. The number of esters is 1. The highest BCUT2D eigenvalue weighted by Gasteiger charge is 2.32. The molecule has 1 fully saturated rings. The van der Waals surface area contributed by atoms with Crippen LogP contribution in [0.2, 0.25) is 0 Å². The van der Waals surface area contributed by atoms with Gasteiger partial charge in [-0.2, -0.15) is 0 Å². The number of hydrogen-bond donors (Lipinski definition) is 0. The van der Waals surface area contributed by atoms with Crippen molar-refractivity contribution in [2.75, 3.05) is 32.8 Å². The summed E-state index contributed by atoms with van der Waals surface area (Å²) in [6.07, 6.45) is 0. The third-order valence-electron chi connectivity index (χ3n) is 6.96. The Kier molecular flexibility index (Phi) is 7.71. The van der Waals surface area contributed by atoms with Crippen LogP contribution < -0.4 is 0 Å². The fraction of sp³-hybridized carbons (Fsp3) is 0.379. The van der Waals surface area contributed by atoms with Gasteiger partial charge in [0.05, 0.1) is 18.2 Å². The van der Waals surface area contributed by atoms with E-state index < -0.39 is 0 Å². The second-order valence-corrected chi connectivity index (χ2v) is 8.95. The zero-order valence-electron chi connectivity index (χ0n) is 21.2. The minimum Gasteiger partial charge on any atom is -0.461 e. The number of amides is 1. The molecule has 0 bridgehead atoms. The van der Waals surface area contributed by atoms with Crippen LogP contribution in [-0.4, -0.2) is 59.0 Å². The Bertz CT molecular complexity index is 1120. The summed E-state index contributed by atoms with van der Waals surface area (Å²) >= 11 is 0. The summed E-state index contributed by atoms with van der Waals surface area (Å²) in [5.41, 5.74) is 5.16. The number of rotatable bonds is 7. The Balaban J connectivity index is 1.56. The van der Waals surface area contributed by atoms with E-state index in [1.54, 1.807) is 6.92 Å². The zero-order chi connectivity index (χ0) is 24.9. The lowest BCUT2D eigenvalue weighted by molar-refractivity contribution is 0.0512. The average molecular weight is 474 g/mol. The molecule has 35 heavy (non-hydrogen) atoms. The van der Waals surface area contributed by atoms with Gasteiger partial charge in [-0.15, -0.1) is 0 Å². The van der Waals surface area contributed by atoms with Crippen molar-refractivity contribution >= 4 is 11.9 Å². The normalized spacial score (nSPS) is 14.4. The van der Waals surface area contributed by atoms with E-state index in [4.69, 9.17) is 4.74 Å². The van der Waals surface area contributed by atoms with E-state index >= 15 is 0 Å². The SMILES string of the molecule is CCOC(=O)c1c(C)c(C(=O)N2CCN(C(c3ccccc3)c3ccccc3)CC2)c(C)n1CC. The van der Waals surface area contributed by atoms with Crippen LogP contribution >= 0.6 is 0 Å². The highest BCUT2D eigenvalue weighted by molar-refractivity contribution is 6.01. The maximum Gasteiger partial charge on any atom is 0.355 e. The number of hydrogen-bond acceptors (Lipinski definition) is 4. The molecule has 0 aliphatic carbocycles. The topological polar surface area (TPSA) is 54.8 Å². The van der Waals surface area contributed by atoms with Crippen molar-refractivity contribution in [3.8, 4) is 0 Å². The van der Waals surface area contributed by atoms with Gasteiger partial charge < -0.3 is 14.2 Å². The van der Waals surface area contributed by atoms with Crippen molar-refractivity contribution in [2.45, 2.75) is 40.3 Å². The Morgan fingerprint density at radius 3 is 1.89 bits per heavy atom. The number of ether oxygens (including phenoxy) is 1. The lowest BCUT2D eigenvalue weighted by Crippen LogP contribution is -2.50. The number of carbonyl (C=O) groups is 2. The van der Waals surface area contributed by atoms with Crippen LogP contribution in [-0.2, 0) is 11.3 Å². The molecule has 0 radical (unpaired) electrons. The van der Waals surface area contributed by atoms with Gasteiger partial charge in [-0.1, -0.05) is 60.7 Å². The average Bonchev–Trinajstić information content (AvgIpc) is 3.14. The number of benzene rings is 2. The van der Waals surface area contributed by atoms with Crippen LogP contribution in [0.15, 0.2) is 60.7 Å². The molecule has 3 aromatic rings. The standard InChI is InChI=1S/C29H35N3O3/c1-5-32-22(4)25(21(3)26(32)29(34)35-6-2)28(33)31-19-17-30(18-20-31)27(23-13-9-7-10-14-23)24-15-11-8-12-16-24/h7-16,27H,5-6,17-20H2,1-4H3. The first-order valence-electron chi connectivity index (χ1n) is 12.5. The highest BCUT2D eigenvalue weighted by Crippen LogP contribution is 2.30. The number of piperazine rings is 1. The lowest BCUT2D eigenvalue weighted by Gasteiger charge is -2.40. The predicted octanol–water partition coefficient (Wildman–Crippen LogP) is 4.85. The van der Waals surface area contributed by atoms with E-state index in [2.05, 4.69) is 53.4 Å². The van der Waals surface area contributed by atoms with Crippen molar-refractivity contribution in [1.29, 1.82) is 0 Å². The van der Waals surface area contributed by atoms with Crippen LogP contribution in [0.5, 0.6) is 0 Å². The summed E-state index contributed by atoms with van der Waals surface area (Å²) in [5, 5.41) is 0. The molecule has 2 aromatic carbocycles. The molecule has 1 saturated heterocycles. The predicted molar refractivity (Wildman–Crippen MR) is 138 cm³/mol. The van der Waals surface area contributed by atoms with Gasteiger partial charge >= 0.3 is 5.97 Å². The van der Waals surface area contributed by atoms with Crippen LogP contribution in [0.25, 0.3) is 0 Å². The highest BCUT2D eigenvalue weighted by atomic mass is 16.5. The molecule has 6 heteroatoms. The minimum atomic E-state index is -0.368. The fourth-order valence-electron chi connectivity index (χ4n) is 5.29. The van der Waals surface area contributed by atoms with E-state index in [-0.39, 0.29) is 17.9 Å². The van der Waals surface area contributed by atoms with E-state index in [9.17, 15) is 9.59 Å². The molecule has 184 valence electrons. The summed E-state index contributed by atoms with van der Waals surface area (Å²) < 4.78 is 7.18. The molecule has 1 aliphatic rings. The van der Waals surface area contributed by atoms with Gasteiger partial charge in [0.15, 0.2) is 0 Å². The second-order valence-electron chi connectivity index (χ2n) is 8.95. The third kappa shape index (κ3) is 4.89. The Hall–Kier alpha value is -3.38. The summed E-state index contributed by atoms with van der Waals surface area (Å²) in [7, 11) is 0. The summed E-state index contributed by atoms with van der Waals surface area (Å²) in [4.78, 5) is 30.7. The van der Waals surface area contributed by atoms with Gasteiger partial charge in [0.2, 0.25) is 0 Å². The molecule has 0 N–H and O–H groups in total. The van der Waals surface area contributed by atoms with Gasteiger partial charge in [0.25, 0.3) is 5.91 Å². The van der Waals surface area contributed by atoms with E-state index in [0.717, 1.165) is 18.8 Å². The fourth-order valence-corrected chi connectivity index (χ4v) is 5.29. The molecule has 6 nitrogen and oxygen atoms in total. The van der Waals surface area contributed by atoms with E-state index in [0.29, 0.717) is 43.1 Å². The number of carbonyl (C=O) groups excluding carboxylic acids is 2. The van der Waals surface area contributed by atoms with Gasteiger partial charge in [0.1, 0.15) is 5.69 Å². The van der Waals surface area contributed by atoms with Gasteiger partial charge in [-0.05, 0) is 44.4 Å². The molecular weight excluding hydrogens is 438 g/mol. The molecule has 1 amide bonds. The summed E-state index contributed by atoms with van der Waals surface area (Å²) in [6.45, 7) is 11.3. The van der Waals surface area contributed by atoms with Crippen molar-refractivity contribution in [3.05, 3.63) is 94.3 Å². The molecule has 1 aliphatic heterocycles. The van der Waals surface area contributed by atoms with Gasteiger partial charge in [0, 0.05) is 38.4 Å². The first-order chi connectivity index (χ1) is 17.0. The number of aromatic nitrogens is 1. The molecule has 1 aromatic heterocycles. The van der Waals surface area contributed by atoms with Crippen molar-refractivity contribution in [2.24, 2.45) is 0 Å². The van der Waals surface area contributed by atoms with Crippen LogP contribution in [0.4, 0.5) is 0 Å². The van der Waals surface area contributed by atoms with Crippen molar-refractivity contribution in [1.82, 2.24) is 14.4 Å². The monoisotopic (exact) mass is 473 g/mol. The van der Waals surface area contributed by atoms with E-state index in [1.807, 2.05) is 42.4 Å². The van der Waals surface area contributed by atoms with Crippen LogP contribution in [0.3, 0.4) is 0 Å². The van der Waals surface area contributed by atoms with Crippen LogP contribution in [0, 0.1) is 13.8 Å². The maximum atomic E-state index is 13.7. The first-order valence-corrected chi connectivity index (χ1v) is 12.5. The summed E-state index contributed by atoms with van der Waals surface area (Å²) in [5.74, 6) is -0.374. The second kappa shape index (κ2) is 10.9. The molecule has 4 rings (SSSR count). The molecule has 2 heterocycles. The Morgan fingerprint density at radius 1 is 0.857 bits per heavy atom. The van der Waals surface area contributed by atoms with Gasteiger partial charge in [-0.25, -0.2) is 4.79 Å². The maximum absolute atomic E-state index is 13.7. The molecule has 0 saturated carbocycles. The molecule has 0 atom stereocenters. The van der Waals surface area contributed by atoms with Gasteiger partial charge in [-0.3, -0.25) is 9.69 Å². The molecule has 0 unspecified atom stereocenters. The summed E-state index contributed by atoms with van der Waals surface area (Å²) in [6, 6.07) is 21.2. The molecular formula is C29H35N3O3. The molecule has 0 spiro atoms. The zero-order valence-corrected chi connectivity index (χ0v) is 21.2. The quantitative estimate of drug-likeness (QED) is 0.461. The first kappa shape index (κ1) is 24.7. The minimum absolute atomic E-state index is 0.00614. The number of nitrogens with zero attached hydrogens (tertiary/aromatic N) is 3. The van der Waals surface area contributed by atoms with Crippen molar-refractivity contribution < 1.29 is 14.3 Å². The van der Waals surface area contributed by atoms with Crippen molar-refractivity contribution in [3.63, 3.8) is 0 Å². The Labute approximate surface area is 208 Å². The largest absolute Gasteiger partial charge is 0.461 e. The van der Waals surface area contributed by atoms with E-state index in [1.165, 1.54) is 11.1 Å². The third-order valence-corrected chi connectivity index (χ3v) is 6.96.